The van der Waals surface area contributed by atoms with Crippen molar-refractivity contribution in [2.24, 2.45) is 5.92 Å². The molecule has 1 N–H and O–H groups in total. The summed E-state index contributed by atoms with van der Waals surface area (Å²) in [6.07, 6.45) is 1.37. The van der Waals surface area contributed by atoms with Gasteiger partial charge in [0.2, 0.25) is 0 Å². The Morgan fingerprint density at radius 1 is 1.22 bits per heavy atom. The third-order valence-corrected chi connectivity index (χ3v) is 6.92. The van der Waals surface area contributed by atoms with Crippen molar-refractivity contribution in [1.82, 2.24) is 19.9 Å². The van der Waals surface area contributed by atoms with Crippen molar-refractivity contribution in [3.63, 3.8) is 0 Å². The zero-order valence-corrected chi connectivity index (χ0v) is 20.2. The summed E-state index contributed by atoms with van der Waals surface area (Å²) in [5, 5.41) is 3.15. The molecule has 2 aromatic heterocycles. The van der Waals surface area contributed by atoms with E-state index in [9.17, 15) is 18.0 Å². The highest BCUT2D eigenvalue weighted by Gasteiger charge is 2.39. The molecule has 0 radical (unpaired) electrons. The number of likely N-dealkylation sites (tertiary alicyclic amines) is 1. The maximum Gasteiger partial charge on any atom is 0.416 e. The largest absolute Gasteiger partial charge is 0.416 e. The Balaban J connectivity index is 1.24. The molecule has 37 heavy (non-hydrogen) atoms. The molecule has 0 spiro atoms. The Hall–Kier alpha value is -3.15. The van der Waals surface area contributed by atoms with Crippen molar-refractivity contribution in [2.75, 3.05) is 38.2 Å². The molecule has 11 heteroatoms. The van der Waals surface area contributed by atoms with Crippen LogP contribution in [0.15, 0.2) is 49.1 Å². The van der Waals surface area contributed by atoms with E-state index in [2.05, 4.69) is 25.2 Å². The number of ether oxygens (including phenoxy) is 2. The lowest BCUT2D eigenvalue weighted by Crippen LogP contribution is -2.34. The van der Waals surface area contributed by atoms with Gasteiger partial charge in [0, 0.05) is 55.9 Å². The van der Waals surface area contributed by atoms with E-state index in [0.29, 0.717) is 24.8 Å². The van der Waals surface area contributed by atoms with E-state index in [1.54, 1.807) is 12.4 Å². The molecule has 1 aromatic carbocycles. The minimum absolute atomic E-state index is 0.00875. The summed E-state index contributed by atoms with van der Waals surface area (Å²) < 4.78 is 51.4. The molecule has 2 aliphatic rings. The highest BCUT2D eigenvalue weighted by molar-refractivity contribution is 5.91. The van der Waals surface area contributed by atoms with Gasteiger partial charge in [-0.25, -0.2) is 9.97 Å². The Morgan fingerprint density at radius 2 is 2.11 bits per heavy atom. The summed E-state index contributed by atoms with van der Waals surface area (Å²) >= 11 is 0. The molecule has 0 saturated carbocycles. The number of hydrogen-bond acceptors (Lipinski definition) is 8. The molecule has 0 bridgehead atoms. The van der Waals surface area contributed by atoms with E-state index in [4.69, 9.17) is 9.47 Å². The molecule has 2 saturated heterocycles. The molecule has 0 amide bonds. The lowest BCUT2D eigenvalue weighted by molar-refractivity contribution is -0.137. The smallest absolute Gasteiger partial charge is 0.380 e. The summed E-state index contributed by atoms with van der Waals surface area (Å²) in [6, 6.07) is 7.41. The van der Waals surface area contributed by atoms with Gasteiger partial charge >= 0.3 is 6.18 Å². The van der Waals surface area contributed by atoms with E-state index in [0.717, 1.165) is 43.8 Å². The van der Waals surface area contributed by atoms with Crippen LogP contribution in [0.5, 0.6) is 0 Å². The van der Waals surface area contributed by atoms with Crippen molar-refractivity contribution < 1.29 is 27.4 Å². The summed E-state index contributed by atoms with van der Waals surface area (Å²) in [7, 11) is 0. The number of pyridine rings is 1. The standard InChI is InChI=1S/C26H28F3N5O3/c27-26(28,29)19-3-4-23-22(9-19)25(33-16-32-23)31-11-21(35)8-18-12-34(20-5-7-36-15-20)13-24(18)37-14-17-2-1-6-30-10-17/h1-4,6,9-10,16,18,20,24H,5,7-8,11-15H2,(H,31,32,33)/t18?,20?,24-/m0/s1. The van der Waals surface area contributed by atoms with Crippen LogP contribution in [0.4, 0.5) is 19.0 Å². The topological polar surface area (TPSA) is 89.5 Å². The van der Waals surface area contributed by atoms with Crippen LogP contribution in [0, 0.1) is 5.92 Å². The average molecular weight is 516 g/mol. The fourth-order valence-electron chi connectivity index (χ4n) is 4.97. The van der Waals surface area contributed by atoms with Gasteiger partial charge in [0.1, 0.15) is 12.1 Å². The third-order valence-electron chi connectivity index (χ3n) is 6.92. The highest BCUT2D eigenvalue weighted by Crippen LogP contribution is 2.33. The van der Waals surface area contributed by atoms with Crippen LogP contribution in [0.25, 0.3) is 10.9 Å². The van der Waals surface area contributed by atoms with Crippen molar-refractivity contribution in [1.29, 1.82) is 0 Å². The first-order valence-electron chi connectivity index (χ1n) is 12.3. The number of anilines is 1. The summed E-state index contributed by atoms with van der Waals surface area (Å²) in [6.45, 7) is 3.21. The number of rotatable bonds is 9. The lowest BCUT2D eigenvalue weighted by atomic mass is 9.99. The Morgan fingerprint density at radius 3 is 2.86 bits per heavy atom. The van der Waals surface area contributed by atoms with Crippen LogP contribution in [-0.2, 0) is 27.1 Å². The van der Waals surface area contributed by atoms with Gasteiger partial charge in [-0.2, -0.15) is 13.2 Å². The predicted molar refractivity (Wildman–Crippen MR) is 130 cm³/mol. The minimum Gasteiger partial charge on any atom is -0.380 e. The molecular formula is C26H28F3N5O3. The zero-order valence-electron chi connectivity index (χ0n) is 20.2. The monoisotopic (exact) mass is 515 g/mol. The summed E-state index contributed by atoms with van der Waals surface area (Å²) in [4.78, 5) is 27.6. The number of halogens is 3. The van der Waals surface area contributed by atoms with Gasteiger partial charge in [0.15, 0.2) is 5.78 Å². The molecule has 2 fully saturated rings. The number of Topliss-reactive ketones (excluding diaryl/α,β-unsaturated/α-hetero) is 1. The molecule has 3 atom stereocenters. The Kier molecular flexibility index (Phi) is 7.63. The summed E-state index contributed by atoms with van der Waals surface area (Å²) in [5.74, 6) is 0.124. The third kappa shape index (κ3) is 6.23. The second-order valence-corrected chi connectivity index (χ2v) is 9.49. The number of carbonyl (C=O) groups is 1. The number of ketones is 1. The summed E-state index contributed by atoms with van der Waals surface area (Å²) in [5.41, 5.74) is 0.539. The highest BCUT2D eigenvalue weighted by atomic mass is 19.4. The minimum atomic E-state index is -4.49. The van der Waals surface area contributed by atoms with Crippen molar-refractivity contribution in [3.8, 4) is 0 Å². The van der Waals surface area contributed by atoms with E-state index >= 15 is 0 Å². The molecule has 2 aliphatic heterocycles. The van der Waals surface area contributed by atoms with Crippen LogP contribution in [0.3, 0.4) is 0 Å². The van der Waals surface area contributed by atoms with E-state index in [1.807, 2.05) is 12.1 Å². The lowest BCUT2D eigenvalue weighted by Gasteiger charge is -2.22. The van der Waals surface area contributed by atoms with Crippen LogP contribution in [0.1, 0.15) is 24.0 Å². The number of hydrogen-bond donors (Lipinski definition) is 1. The molecule has 5 rings (SSSR count). The predicted octanol–water partition coefficient (Wildman–Crippen LogP) is 3.72. The quantitative estimate of drug-likeness (QED) is 0.461. The molecular weight excluding hydrogens is 487 g/mol. The van der Waals surface area contributed by atoms with Crippen LogP contribution in [0.2, 0.25) is 0 Å². The number of alkyl halides is 3. The SMILES string of the molecule is O=C(CNc1ncnc2ccc(C(F)(F)F)cc12)CC1CN(C2CCOC2)C[C@@H]1OCc1cccnc1. The van der Waals surface area contributed by atoms with E-state index in [1.165, 1.54) is 12.4 Å². The van der Waals surface area contributed by atoms with Gasteiger partial charge in [-0.05, 0) is 36.2 Å². The molecule has 196 valence electrons. The van der Waals surface area contributed by atoms with Crippen LogP contribution >= 0.6 is 0 Å². The van der Waals surface area contributed by atoms with Gasteiger partial charge in [0.05, 0.1) is 36.9 Å². The second-order valence-electron chi connectivity index (χ2n) is 9.49. The number of nitrogens with one attached hydrogen (secondary N) is 1. The molecule has 0 aliphatic carbocycles. The van der Waals surface area contributed by atoms with Gasteiger partial charge in [0.25, 0.3) is 0 Å². The van der Waals surface area contributed by atoms with Gasteiger partial charge < -0.3 is 14.8 Å². The normalized spacial score (nSPS) is 22.5. The number of aromatic nitrogens is 3. The first kappa shape index (κ1) is 25.5. The zero-order chi connectivity index (χ0) is 25.8. The van der Waals surface area contributed by atoms with Crippen molar-refractivity contribution >= 4 is 22.5 Å². The maximum atomic E-state index is 13.2. The van der Waals surface area contributed by atoms with E-state index < -0.39 is 11.7 Å². The first-order chi connectivity index (χ1) is 17.9. The van der Waals surface area contributed by atoms with Crippen molar-refractivity contribution in [3.05, 3.63) is 60.2 Å². The number of fused-ring (bicyclic) bond motifs is 1. The fraction of sp³-hybridized carbons (Fsp3) is 0.462. The Bertz CT molecular complexity index is 1220. The number of carbonyl (C=O) groups excluding carboxylic acids is 1. The van der Waals surface area contributed by atoms with Gasteiger partial charge in [-0.3, -0.25) is 14.7 Å². The average Bonchev–Trinajstić information content (AvgIpc) is 3.56. The van der Waals surface area contributed by atoms with Crippen LogP contribution < -0.4 is 5.32 Å². The number of nitrogens with zero attached hydrogens (tertiary/aromatic N) is 4. The van der Waals surface area contributed by atoms with Gasteiger partial charge in [-0.1, -0.05) is 6.07 Å². The molecule has 8 nitrogen and oxygen atoms in total. The maximum absolute atomic E-state index is 13.2. The van der Waals surface area contributed by atoms with Crippen LogP contribution in [-0.4, -0.2) is 70.6 Å². The molecule has 4 heterocycles. The van der Waals surface area contributed by atoms with E-state index in [-0.39, 0.29) is 42.0 Å². The van der Waals surface area contributed by atoms with Crippen molar-refractivity contribution in [2.45, 2.75) is 37.8 Å². The first-order valence-corrected chi connectivity index (χ1v) is 12.3. The molecule has 2 unspecified atom stereocenters. The molecule has 3 aromatic rings. The number of benzene rings is 1. The van der Waals surface area contributed by atoms with Gasteiger partial charge in [-0.15, -0.1) is 0 Å². The second kappa shape index (κ2) is 11.1. The Labute approximate surface area is 212 Å². The fourth-order valence-corrected chi connectivity index (χ4v) is 4.97.